The number of hydrogen-bond donors (Lipinski definition) is 0. The number of nitrogens with zero attached hydrogens (tertiary/aromatic N) is 3. The van der Waals surface area contributed by atoms with Gasteiger partial charge in [0.05, 0.1) is 5.41 Å². The molecule has 4 heteroatoms. The van der Waals surface area contributed by atoms with Crippen LogP contribution in [0.1, 0.15) is 70.0 Å². The summed E-state index contributed by atoms with van der Waals surface area (Å²) < 4.78 is 2.42. The van der Waals surface area contributed by atoms with Gasteiger partial charge in [0.2, 0.25) is 0 Å². The van der Waals surface area contributed by atoms with Gasteiger partial charge in [-0.05, 0) is 38.1 Å². The largest absolute Gasteiger partial charge is 0.311 e. The highest BCUT2D eigenvalue weighted by Gasteiger charge is 2.39. The van der Waals surface area contributed by atoms with E-state index in [1.807, 2.05) is 0 Å². The monoisotopic (exact) mass is 289 g/mol. The smallest absolute Gasteiger partial charge is 0.144 e. The Morgan fingerprint density at radius 2 is 1.75 bits per heavy atom. The van der Waals surface area contributed by atoms with Crippen molar-refractivity contribution in [1.29, 1.82) is 0 Å². The van der Waals surface area contributed by atoms with E-state index in [0.717, 1.165) is 11.6 Å². The Hall–Kier alpha value is -1.16. The highest BCUT2D eigenvalue weighted by molar-refractivity contribution is 7.10. The Balaban J connectivity index is 2.13. The van der Waals surface area contributed by atoms with Crippen molar-refractivity contribution in [2.24, 2.45) is 0 Å². The molecule has 108 valence electrons. The number of aromatic nitrogens is 3. The number of hydrogen-bond acceptors (Lipinski definition) is 3. The van der Waals surface area contributed by atoms with Crippen LogP contribution in [0.4, 0.5) is 0 Å². The molecule has 3 rings (SSSR count). The maximum absolute atomic E-state index is 4.59. The van der Waals surface area contributed by atoms with Gasteiger partial charge in [0.15, 0.2) is 0 Å². The number of rotatable bonds is 3. The highest BCUT2D eigenvalue weighted by Crippen LogP contribution is 2.43. The third-order valence-electron chi connectivity index (χ3n) is 3.97. The zero-order chi connectivity index (χ0) is 14.5. The van der Waals surface area contributed by atoms with E-state index in [4.69, 9.17) is 0 Å². The van der Waals surface area contributed by atoms with Gasteiger partial charge >= 0.3 is 0 Å². The predicted molar refractivity (Wildman–Crippen MR) is 83.4 cm³/mol. The molecule has 0 spiro atoms. The van der Waals surface area contributed by atoms with Gasteiger partial charge in [-0.1, -0.05) is 26.8 Å². The first kappa shape index (κ1) is 13.8. The molecule has 0 unspecified atom stereocenters. The first-order valence-electron chi connectivity index (χ1n) is 7.31. The summed E-state index contributed by atoms with van der Waals surface area (Å²) in [5.74, 6) is 2.24. The van der Waals surface area contributed by atoms with Gasteiger partial charge in [-0.25, -0.2) is 0 Å². The molecular formula is C16H23N3S. The molecule has 0 amide bonds. The quantitative estimate of drug-likeness (QED) is 0.843. The Labute approximate surface area is 125 Å². The van der Waals surface area contributed by atoms with E-state index in [9.17, 15) is 0 Å². The minimum atomic E-state index is -0.0761. The van der Waals surface area contributed by atoms with E-state index in [2.05, 4.69) is 66.9 Å². The van der Waals surface area contributed by atoms with E-state index in [-0.39, 0.29) is 10.8 Å². The minimum absolute atomic E-state index is 0.0410. The SMILES string of the molecule is CC(C)(C)c1nnc(C(C)(C)c2cccs2)n1C1CC1. The topological polar surface area (TPSA) is 30.7 Å². The fourth-order valence-corrected chi connectivity index (χ4v) is 3.50. The Kier molecular flexibility index (Phi) is 3.05. The Morgan fingerprint density at radius 1 is 1.10 bits per heavy atom. The fourth-order valence-electron chi connectivity index (χ4n) is 2.65. The third kappa shape index (κ3) is 2.20. The van der Waals surface area contributed by atoms with Crippen LogP contribution in [0.5, 0.6) is 0 Å². The van der Waals surface area contributed by atoms with Crippen molar-refractivity contribution in [3.63, 3.8) is 0 Å². The molecular weight excluding hydrogens is 266 g/mol. The van der Waals surface area contributed by atoms with Crippen LogP contribution in [0.2, 0.25) is 0 Å². The van der Waals surface area contributed by atoms with Gasteiger partial charge in [-0.2, -0.15) is 0 Å². The van der Waals surface area contributed by atoms with Crippen molar-refractivity contribution in [1.82, 2.24) is 14.8 Å². The van der Waals surface area contributed by atoms with E-state index < -0.39 is 0 Å². The lowest BCUT2D eigenvalue weighted by atomic mass is 9.89. The van der Waals surface area contributed by atoms with Crippen LogP contribution in [0.25, 0.3) is 0 Å². The molecule has 1 fully saturated rings. The van der Waals surface area contributed by atoms with Crippen LogP contribution < -0.4 is 0 Å². The van der Waals surface area contributed by atoms with Crippen LogP contribution in [-0.4, -0.2) is 14.8 Å². The van der Waals surface area contributed by atoms with Crippen LogP contribution in [0.15, 0.2) is 17.5 Å². The molecule has 20 heavy (non-hydrogen) atoms. The van der Waals surface area contributed by atoms with Crippen molar-refractivity contribution in [3.05, 3.63) is 34.0 Å². The minimum Gasteiger partial charge on any atom is -0.311 e. The second-order valence-electron chi connectivity index (χ2n) is 7.30. The van der Waals surface area contributed by atoms with Crippen molar-refractivity contribution < 1.29 is 0 Å². The summed E-state index contributed by atoms with van der Waals surface area (Å²) in [5.41, 5.74) is -0.0351. The lowest BCUT2D eigenvalue weighted by Gasteiger charge is -2.26. The van der Waals surface area contributed by atoms with E-state index in [0.29, 0.717) is 6.04 Å². The van der Waals surface area contributed by atoms with Gasteiger partial charge in [-0.3, -0.25) is 0 Å². The van der Waals surface area contributed by atoms with Gasteiger partial charge in [0, 0.05) is 16.3 Å². The first-order valence-corrected chi connectivity index (χ1v) is 8.19. The molecule has 2 aromatic heterocycles. The van der Waals surface area contributed by atoms with E-state index in [1.54, 1.807) is 11.3 Å². The summed E-state index contributed by atoms with van der Waals surface area (Å²) in [6.07, 6.45) is 2.52. The second-order valence-corrected chi connectivity index (χ2v) is 8.25. The average Bonchev–Trinajstić information content (AvgIpc) is 2.90. The van der Waals surface area contributed by atoms with Crippen molar-refractivity contribution in [2.75, 3.05) is 0 Å². The van der Waals surface area contributed by atoms with Gasteiger partial charge < -0.3 is 4.57 Å². The predicted octanol–water partition coefficient (Wildman–Crippen LogP) is 4.30. The van der Waals surface area contributed by atoms with Crippen molar-refractivity contribution in [3.8, 4) is 0 Å². The summed E-state index contributed by atoms with van der Waals surface area (Å²) in [7, 11) is 0. The van der Waals surface area contributed by atoms with Crippen molar-refractivity contribution >= 4 is 11.3 Å². The van der Waals surface area contributed by atoms with E-state index >= 15 is 0 Å². The molecule has 0 atom stereocenters. The second kappa shape index (κ2) is 4.42. The first-order chi connectivity index (χ1) is 9.32. The van der Waals surface area contributed by atoms with E-state index in [1.165, 1.54) is 17.7 Å². The third-order valence-corrected chi connectivity index (χ3v) is 5.17. The summed E-state index contributed by atoms with van der Waals surface area (Å²) in [4.78, 5) is 1.35. The molecule has 2 aromatic rings. The van der Waals surface area contributed by atoms with Crippen LogP contribution in [0.3, 0.4) is 0 Å². The lowest BCUT2D eigenvalue weighted by Crippen LogP contribution is -2.26. The molecule has 1 saturated carbocycles. The maximum Gasteiger partial charge on any atom is 0.144 e. The molecule has 0 aliphatic heterocycles. The average molecular weight is 289 g/mol. The zero-order valence-corrected chi connectivity index (χ0v) is 13.8. The van der Waals surface area contributed by atoms with Crippen LogP contribution in [0, 0.1) is 0 Å². The molecule has 1 aliphatic rings. The summed E-state index contributed by atoms with van der Waals surface area (Å²) >= 11 is 1.80. The number of thiophene rings is 1. The molecule has 0 saturated heterocycles. The fraction of sp³-hybridized carbons (Fsp3) is 0.625. The molecule has 2 heterocycles. The summed E-state index contributed by atoms with van der Waals surface area (Å²) in [5, 5.41) is 11.3. The normalized spacial score (nSPS) is 16.6. The Bertz CT molecular complexity index is 598. The van der Waals surface area contributed by atoms with Gasteiger partial charge in [0.1, 0.15) is 11.6 Å². The maximum atomic E-state index is 4.59. The van der Waals surface area contributed by atoms with Gasteiger partial charge in [-0.15, -0.1) is 21.5 Å². The lowest BCUT2D eigenvalue weighted by molar-refractivity contribution is 0.474. The highest BCUT2D eigenvalue weighted by atomic mass is 32.1. The molecule has 3 nitrogen and oxygen atoms in total. The zero-order valence-electron chi connectivity index (χ0n) is 13.0. The van der Waals surface area contributed by atoms with Gasteiger partial charge in [0.25, 0.3) is 0 Å². The molecule has 1 aliphatic carbocycles. The summed E-state index contributed by atoms with van der Waals surface area (Å²) in [6.45, 7) is 11.2. The molecule has 0 N–H and O–H groups in total. The van der Waals surface area contributed by atoms with Crippen molar-refractivity contribution in [2.45, 2.75) is 64.3 Å². The summed E-state index contributed by atoms with van der Waals surface area (Å²) in [6, 6.07) is 4.92. The molecule has 0 radical (unpaired) electrons. The molecule has 0 aromatic carbocycles. The standard InChI is InChI=1S/C16H23N3S/c1-15(2,3)13-17-18-14(19(13)11-8-9-11)16(4,5)12-7-6-10-20-12/h6-7,10-11H,8-9H2,1-5H3. The Morgan fingerprint density at radius 3 is 2.25 bits per heavy atom. The molecule has 0 bridgehead atoms. The van der Waals surface area contributed by atoms with Crippen LogP contribution in [-0.2, 0) is 10.8 Å². The van der Waals surface area contributed by atoms with Crippen LogP contribution >= 0.6 is 11.3 Å².